The maximum atomic E-state index is 12.9. The van der Waals surface area contributed by atoms with Crippen LogP contribution in [0.5, 0.6) is 11.5 Å². The Kier molecular flexibility index (Phi) is 6.88. The first-order valence-electron chi connectivity index (χ1n) is 9.87. The molecule has 2 aromatic rings. The summed E-state index contributed by atoms with van der Waals surface area (Å²) < 4.78 is 15.8. The monoisotopic (exact) mass is 422 g/mol. The molecule has 0 unspecified atom stereocenters. The van der Waals surface area contributed by atoms with Gasteiger partial charge in [-0.1, -0.05) is 0 Å². The molecule has 160 valence electrons. The number of ketones is 1. The Labute approximate surface area is 179 Å². The molecule has 8 nitrogen and oxygen atoms in total. The topological polar surface area (TPSA) is 106 Å². The molecule has 1 amide bonds. The third-order valence-electron chi connectivity index (χ3n) is 4.66. The number of carbonyl (C=O) groups excluding carboxylic acids is 3. The van der Waals surface area contributed by atoms with Crippen molar-refractivity contribution in [3.05, 3.63) is 58.7 Å². The molecular formula is C23H22N2O6. The Morgan fingerprint density at radius 2 is 1.90 bits per heavy atom. The number of nitrogens with zero attached hydrogens (tertiary/aromatic N) is 2. The smallest absolute Gasteiger partial charge is 0.344 e. The average Bonchev–Trinajstić information content (AvgIpc) is 3.07. The summed E-state index contributed by atoms with van der Waals surface area (Å²) in [6.07, 6.45) is 0. The van der Waals surface area contributed by atoms with E-state index in [1.807, 2.05) is 6.07 Å². The van der Waals surface area contributed by atoms with Gasteiger partial charge in [-0.25, -0.2) is 4.79 Å². The molecular weight excluding hydrogens is 400 g/mol. The van der Waals surface area contributed by atoms with Crippen LogP contribution >= 0.6 is 0 Å². The van der Waals surface area contributed by atoms with Crippen molar-refractivity contribution in [1.82, 2.24) is 4.90 Å². The van der Waals surface area contributed by atoms with E-state index in [0.717, 1.165) is 5.56 Å². The minimum absolute atomic E-state index is 0.126. The highest BCUT2D eigenvalue weighted by atomic mass is 16.6. The molecule has 0 N–H and O–H groups in total. The van der Waals surface area contributed by atoms with Crippen molar-refractivity contribution in [3.8, 4) is 17.6 Å². The van der Waals surface area contributed by atoms with Gasteiger partial charge in [0, 0.05) is 18.2 Å². The lowest BCUT2D eigenvalue weighted by Gasteiger charge is -2.17. The lowest BCUT2D eigenvalue weighted by molar-refractivity contribution is -0.145. The largest absolute Gasteiger partial charge is 0.493 e. The van der Waals surface area contributed by atoms with Gasteiger partial charge in [0.05, 0.1) is 37.0 Å². The fourth-order valence-electron chi connectivity index (χ4n) is 3.28. The second-order valence-electron chi connectivity index (χ2n) is 6.75. The molecule has 8 heteroatoms. The third kappa shape index (κ3) is 5.01. The molecule has 0 aromatic heterocycles. The number of ether oxygens (including phenoxy) is 3. The predicted molar refractivity (Wildman–Crippen MR) is 110 cm³/mol. The van der Waals surface area contributed by atoms with Gasteiger partial charge in [0.2, 0.25) is 0 Å². The van der Waals surface area contributed by atoms with Gasteiger partial charge >= 0.3 is 5.97 Å². The number of benzene rings is 2. The van der Waals surface area contributed by atoms with Gasteiger partial charge in [0.1, 0.15) is 11.5 Å². The SMILES string of the molecule is CCOC(=O)COc1ccc(C(=O)CN2Cc3cc(C#N)ccc3C2=O)c(OCC)c1. The van der Waals surface area contributed by atoms with Crippen LogP contribution in [0.1, 0.15) is 45.7 Å². The molecule has 1 heterocycles. The number of fused-ring (bicyclic) bond motifs is 1. The zero-order chi connectivity index (χ0) is 22.4. The summed E-state index contributed by atoms with van der Waals surface area (Å²) in [5.41, 5.74) is 2.01. The first-order valence-corrected chi connectivity index (χ1v) is 9.87. The van der Waals surface area contributed by atoms with Gasteiger partial charge < -0.3 is 19.1 Å². The van der Waals surface area contributed by atoms with Gasteiger partial charge in [-0.15, -0.1) is 0 Å². The Morgan fingerprint density at radius 3 is 2.61 bits per heavy atom. The second kappa shape index (κ2) is 9.76. The average molecular weight is 422 g/mol. The summed E-state index contributed by atoms with van der Waals surface area (Å²) in [6, 6.07) is 11.6. The molecule has 3 rings (SSSR count). The summed E-state index contributed by atoms with van der Waals surface area (Å²) in [4.78, 5) is 38.5. The predicted octanol–water partition coefficient (Wildman–Crippen LogP) is 2.74. The highest BCUT2D eigenvalue weighted by Crippen LogP contribution is 2.28. The van der Waals surface area contributed by atoms with Crippen molar-refractivity contribution in [2.45, 2.75) is 20.4 Å². The van der Waals surface area contributed by atoms with Crippen molar-refractivity contribution < 1.29 is 28.6 Å². The number of nitriles is 1. The van der Waals surface area contributed by atoms with Crippen LogP contribution in [-0.4, -0.2) is 48.9 Å². The van der Waals surface area contributed by atoms with Gasteiger partial charge in [-0.3, -0.25) is 9.59 Å². The van der Waals surface area contributed by atoms with Crippen LogP contribution < -0.4 is 9.47 Å². The van der Waals surface area contributed by atoms with E-state index in [1.54, 1.807) is 44.2 Å². The van der Waals surface area contributed by atoms with Crippen LogP contribution in [0.4, 0.5) is 0 Å². The maximum Gasteiger partial charge on any atom is 0.344 e. The highest BCUT2D eigenvalue weighted by Gasteiger charge is 2.30. The van der Waals surface area contributed by atoms with Crippen molar-refractivity contribution >= 4 is 17.7 Å². The van der Waals surface area contributed by atoms with Gasteiger partial charge in [0.25, 0.3) is 5.91 Å². The van der Waals surface area contributed by atoms with Crippen LogP contribution in [0.25, 0.3) is 0 Å². The summed E-state index contributed by atoms with van der Waals surface area (Å²) >= 11 is 0. The third-order valence-corrected chi connectivity index (χ3v) is 4.66. The zero-order valence-corrected chi connectivity index (χ0v) is 17.3. The van der Waals surface area contributed by atoms with Crippen LogP contribution in [-0.2, 0) is 16.1 Å². The number of amides is 1. The number of esters is 1. The molecule has 0 saturated carbocycles. The lowest BCUT2D eigenvalue weighted by Crippen LogP contribution is -2.30. The van der Waals surface area contributed by atoms with Gasteiger partial charge in [-0.05, 0) is 49.7 Å². The maximum absolute atomic E-state index is 12.9. The number of carbonyl (C=O) groups is 3. The number of rotatable bonds is 9. The van der Waals surface area contributed by atoms with E-state index >= 15 is 0 Å². The van der Waals surface area contributed by atoms with E-state index in [4.69, 9.17) is 19.5 Å². The normalized spacial score (nSPS) is 12.2. The molecule has 0 aliphatic carbocycles. The zero-order valence-electron chi connectivity index (χ0n) is 17.3. The van der Waals surface area contributed by atoms with E-state index in [9.17, 15) is 14.4 Å². The highest BCUT2D eigenvalue weighted by molar-refractivity contribution is 6.05. The van der Waals surface area contributed by atoms with E-state index in [2.05, 4.69) is 0 Å². The minimum atomic E-state index is -0.493. The Hall–Kier alpha value is -3.86. The number of hydrogen-bond acceptors (Lipinski definition) is 7. The van der Waals surface area contributed by atoms with Crippen LogP contribution in [0, 0.1) is 11.3 Å². The summed E-state index contributed by atoms with van der Waals surface area (Å²) in [7, 11) is 0. The number of hydrogen-bond donors (Lipinski definition) is 0. The van der Waals surface area contributed by atoms with E-state index < -0.39 is 5.97 Å². The van der Waals surface area contributed by atoms with E-state index in [1.165, 1.54) is 11.0 Å². The fourth-order valence-corrected chi connectivity index (χ4v) is 3.28. The first-order chi connectivity index (χ1) is 15.0. The molecule has 0 radical (unpaired) electrons. The molecule has 1 aliphatic rings. The van der Waals surface area contributed by atoms with Crippen molar-refractivity contribution in [3.63, 3.8) is 0 Å². The Balaban J connectivity index is 1.73. The molecule has 0 bridgehead atoms. The number of Topliss-reactive ketones (excluding diaryl/α,β-unsaturated/α-hetero) is 1. The van der Waals surface area contributed by atoms with Gasteiger partial charge in [0.15, 0.2) is 12.4 Å². The Bertz CT molecular complexity index is 1060. The molecule has 1 aliphatic heterocycles. The van der Waals surface area contributed by atoms with Crippen molar-refractivity contribution in [2.24, 2.45) is 0 Å². The minimum Gasteiger partial charge on any atom is -0.493 e. The van der Waals surface area contributed by atoms with Crippen molar-refractivity contribution in [1.29, 1.82) is 5.26 Å². The van der Waals surface area contributed by atoms with E-state index in [0.29, 0.717) is 34.8 Å². The molecule has 0 atom stereocenters. The first kappa shape index (κ1) is 21.8. The Morgan fingerprint density at radius 1 is 1.10 bits per heavy atom. The molecule has 0 fully saturated rings. The lowest BCUT2D eigenvalue weighted by atomic mass is 10.1. The van der Waals surface area contributed by atoms with Gasteiger partial charge in [-0.2, -0.15) is 5.26 Å². The summed E-state index contributed by atoms with van der Waals surface area (Å²) in [6.45, 7) is 3.96. The molecule has 31 heavy (non-hydrogen) atoms. The van der Waals surface area contributed by atoms with Crippen LogP contribution in [0.3, 0.4) is 0 Å². The second-order valence-corrected chi connectivity index (χ2v) is 6.75. The van der Waals surface area contributed by atoms with Crippen LogP contribution in [0.2, 0.25) is 0 Å². The summed E-state index contributed by atoms with van der Waals surface area (Å²) in [5.74, 6) is -0.360. The molecule has 0 saturated heterocycles. The molecule has 0 spiro atoms. The molecule has 2 aromatic carbocycles. The van der Waals surface area contributed by atoms with E-state index in [-0.39, 0.29) is 38.0 Å². The standard InChI is InChI=1S/C23H22N2O6/c1-3-29-21-10-17(31-14-22(27)30-4-2)6-8-19(21)20(26)13-25-12-16-9-15(11-24)5-7-18(16)23(25)28/h5-10H,3-4,12-14H2,1-2H3. The fraction of sp³-hybridized carbons (Fsp3) is 0.304. The van der Waals surface area contributed by atoms with Crippen LogP contribution in [0.15, 0.2) is 36.4 Å². The van der Waals surface area contributed by atoms with Crippen molar-refractivity contribution in [2.75, 3.05) is 26.4 Å². The quantitative estimate of drug-likeness (QED) is 0.452. The summed E-state index contributed by atoms with van der Waals surface area (Å²) in [5, 5.41) is 9.04.